The Morgan fingerprint density at radius 1 is 1.07 bits per heavy atom. The highest BCUT2D eigenvalue weighted by Gasteiger charge is 2.20. The fourth-order valence-corrected chi connectivity index (χ4v) is 3.35. The minimum absolute atomic E-state index is 0. The van der Waals surface area contributed by atoms with Crippen LogP contribution in [0.25, 0.3) is 0 Å². The Labute approximate surface area is 189 Å². The Balaban J connectivity index is 0.00000300. The van der Waals surface area contributed by atoms with Gasteiger partial charge in [0.05, 0.1) is 12.6 Å². The van der Waals surface area contributed by atoms with Gasteiger partial charge in [-0.25, -0.2) is 4.39 Å². The summed E-state index contributed by atoms with van der Waals surface area (Å²) in [6.07, 6.45) is -0.742. The van der Waals surface area contributed by atoms with Gasteiger partial charge in [0.25, 0.3) is 0 Å². The average molecular weight is 512 g/mol. The summed E-state index contributed by atoms with van der Waals surface area (Å²) < 4.78 is 13.0. The number of hydrogen-bond acceptors (Lipinski definition) is 3. The topological polar surface area (TPSA) is 51.1 Å². The Hall–Kier alpha value is -1.71. The molecular formula is C22H30FIN4O. The molecule has 0 aromatic heterocycles. The first-order chi connectivity index (χ1) is 13.7. The highest BCUT2D eigenvalue weighted by atomic mass is 127. The highest BCUT2D eigenvalue weighted by molar-refractivity contribution is 14.0. The van der Waals surface area contributed by atoms with Gasteiger partial charge < -0.3 is 15.3 Å². The number of nitrogens with one attached hydrogen (secondary N) is 1. The Bertz CT molecular complexity index is 749. The summed E-state index contributed by atoms with van der Waals surface area (Å²) in [5.74, 6) is 0.518. The van der Waals surface area contributed by atoms with E-state index >= 15 is 0 Å². The molecule has 2 aromatic carbocycles. The number of piperazine rings is 1. The van der Waals surface area contributed by atoms with Crippen molar-refractivity contribution in [3.63, 3.8) is 0 Å². The van der Waals surface area contributed by atoms with Crippen LogP contribution in [0.3, 0.4) is 0 Å². The molecule has 1 unspecified atom stereocenters. The van der Waals surface area contributed by atoms with Crippen LogP contribution in [0.2, 0.25) is 0 Å². The Morgan fingerprint density at radius 2 is 1.72 bits per heavy atom. The summed E-state index contributed by atoms with van der Waals surface area (Å²) in [4.78, 5) is 9.30. The zero-order valence-corrected chi connectivity index (χ0v) is 19.1. The molecule has 7 heteroatoms. The predicted octanol–water partition coefficient (Wildman–Crippen LogP) is 3.26. The first-order valence-electron chi connectivity index (χ1n) is 9.88. The monoisotopic (exact) mass is 512 g/mol. The molecule has 1 aliphatic rings. The zero-order chi connectivity index (χ0) is 19.8. The van der Waals surface area contributed by atoms with E-state index in [2.05, 4.69) is 44.4 Å². The minimum atomic E-state index is -0.742. The number of guanidine groups is 1. The van der Waals surface area contributed by atoms with E-state index in [-0.39, 0.29) is 36.3 Å². The number of aliphatic hydroxyl groups is 1. The lowest BCUT2D eigenvalue weighted by molar-refractivity contribution is 0.169. The summed E-state index contributed by atoms with van der Waals surface area (Å²) >= 11 is 0. The molecule has 1 saturated heterocycles. The van der Waals surface area contributed by atoms with Crippen molar-refractivity contribution >= 4 is 29.9 Å². The number of benzene rings is 2. The Morgan fingerprint density at radius 3 is 2.34 bits per heavy atom. The van der Waals surface area contributed by atoms with Crippen LogP contribution in [0.1, 0.15) is 24.2 Å². The summed E-state index contributed by atoms with van der Waals surface area (Å²) in [6.45, 7) is 7.76. The molecular weight excluding hydrogens is 482 g/mol. The van der Waals surface area contributed by atoms with E-state index in [9.17, 15) is 9.50 Å². The largest absolute Gasteiger partial charge is 0.386 e. The van der Waals surface area contributed by atoms with Crippen LogP contribution in [-0.2, 0) is 6.54 Å². The molecule has 0 spiro atoms. The number of hydrogen-bond donors (Lipinski definition) is 2. The molecule has 158 valence electrons. The lowest BCUT2D eigenvalue weighted by Gasteiger charge is -2.36. The molecule has 1 aliphatic heterocycles. The summed E-state index contributed by atoms with van der Waals surface area (Å²) in [5, 5.41) is 13.7. The first kappa shape index (κ1) is 23.6. The number of aliphatic hydroxyl groups excluding tert-OH is 1. The molecule has 5 nitrogen and oxygen atoms in total. The summed E-state index contributed by atoms with van der Waals surface area (Å²) in [6, 6.07) is 16.4. The third kappa shape index (κ3) is 7.24. The number of halogens is 2. The maximum atomic E-state index is 13.0. The van der Waals surface area contributed by atoms with Gasteiger partial charge in [-0.05, 0) is 30.2 Å². The van der Waals surface area contributed by atoms with Gasteiger partial charge in [0.1, 0.15) is 5.82 Å². The van der Waals surface area contributed by atoms with Gasteiger partial charge in [-0.2, -0.15) is 0 Å². The molecule has 0 radical (unpaired) electrons. The van der Waals surface area contributed by atoms with Gasteiger partial charge in [-0.1, -0.05) is 42.5 Å². The van der Waals surface area contributed by atoms with Crippen molar-refractivity contribution in [2.75, 3.05) is 39.3 Å². The molecule has 0 amide bonds. The van der Waals surface area contributed by atoms with Crippen LogP contribution < -0.4 is 5.32 Å². The molecule has 3 rings (SSSR count). The van der Waals surface area contributed by atoms with Gasteiger partial charge in [0, 0.05) is 39.3 Å². The number of rotatable bonds is 6. The molecule has 1 heterocycles. The molecule has 2 N–H and O–H groups in total. The standard InChI is InChI=1S/C22H29FN4O.HI/c1-2-24-22(25-16-21(28)19-8-10-20(23)11-9-19)27-14-12-26(13-15-27)17-18-6-4-3-5-7-18;/h3-11,21,28H,2,12-17H2,1H3,(H,24,25);1H. The second kappa shape index (κ2) is 12.1. The molecule has 2 aromatic rings. The van der Waals surface area contributed by atoms with Crippen molar-refractivity contribution in [1.82, 2.24) is 15.1 Å². The van der Waals surface area contributed by atoms with Gasteiger partial charge in [-0.15, -0.1) is 24.0 Å². The van der Waals surface area contributed by atoms with Gasteiger partial charge in [0.2, 0.25) is 0 Å². The third-order valence-electron chi connectivity index (χ3n) is 4.92. The second-order valence-electron chi connectivity index (χ2n) is 7.01. The Kier molecular flexibility index (Phi) is 9.83. The molecule has 0 aliphatic carbocycles. The van der Waals surface area contributed by atoms with E-state index in [0.29, 0.717) is 5.56 Å². The lowest BCUT2D eigenvalue weighted by atomic mass is 10.1. The van der Waals surface area contributed by atoms with Crippen molar-refractivity contribution in [1.29, 1.82) is 0 Å². The van der Waals surface area contributed by atoms with E-state index in [1.807, 2.05) is 13.0 Å². The van der Waals surface area contributed by atoms with Crippen LogP contribution in [0.5, 0.6) is 0 Å². The maximum Gasteiger partial charge on any atom is 0.194 e. The second-order valence-corrected chi connectivity index (χ2v) is 7.01. The minimum Gasteiger partial charge on any atom is -0.386 e. The van der Waals surface area contributed by atoms with E-state index in [4.69, 9.17) is 0 Å². The lowest BCUT2D eigenvalue weighted by Crippen LogP contribution is -2.52. The van der Waals surface area contributed by atoms with Gasteiger partial charge >= 0.3 is 0 Å². The van der Waals surface area contributed by atoms with E-state index in [1.54, 1.807) is 12.1 Å². The van der Waals surface area contributed by atoms with Crippen molar-refractivity contribution in [3.05, 3.63) is 71.5 Å². The average Bonchev–Trinajstić information content (AvgIpc) is 2.73. The van der Waals surface area contributed by atoms with E-state index in [1.165, 1.54) is 17.7 Å². The molecule has 29 heavy (non-hydrogen) atoms. The van der Waals surface area contributed by atoms with Crippen LogP contribution in [-0.4, -0.2) is 60.1 Å². The van der Waals surface area contributed by atoms with Crippen molar-refractivity contribution < 1.29 is 9.50 Å². The molecule has 1 atom stereocenters. The summed E-state index contributed by atoms with van der Waals surface area (Å²) in [5.41, 5.74) is 2.01. The molecule has 0 saturated carbocycles. The van der Waals surface area contributed by atoms with Crippen LogP contribution in [0.4, 0.5) is 4.39 Å². The number of nitrogens with zero attached hydrogens (tertiary/aromatic N) is 3. The van der Waals surface area contributed by atoms with Crippen molar-refractivity contribution in [2.24, 2.45) is 4.99 Å². The van der Waals surface area contributed by atoms with Crippen molar-refractivity contribution in [2.45, 2.75) is 19.6 Å². The van der Waals surface area contributed by atoms with Crippen LogP contribution in [0.15, 0.2) is 59.6 Å². The van der Waals surface area contributed by atoms with Crippen LogP contribution in [0, 0.1) is 5.82 Å². The molecule has 0 bridgehead atoms. The maximum absolute atomic E-state index is 13.0. The smallest absolute Gasteiger partial charge is 0.194 e. The normalized spacial score (nSPS) is 16.2. The zero-order valence-electron chi connectivity index (χ0n) is 16.8. The number of aliphatic imine (C=N–C) groups is 1. The highest BCUT2D eigenvalue weighted by Crippen LogP contribution is 2.14. The SMILES string of the molecule is CCNC(=NCC(O)c1ccc(F)cc1)N1CCN(Cc2ccccc2)CC1.I. The van der Waals surface area contributed by atoms with E-state index in [0.717, 1.165) is 45.2 Å². The first-order valence-corrected chi connectivity index (χ1v) is 9.88. The molecule has 1 fully saturated rings. The fraction of sp³-hybridized carbons (Fsp3) is 0.409. The predicted molar refractivity (Wildman–Crippen MR) is 126 cm³/mol. The van der Waals surface area contributed by atoms with E-state index < -0.39 is 6.10 Å². The van der Waals surface area contributed by atoms with Crippen LogP contribution >= 0.6 is 24.0 Å². The quantitative estimate of drug-likeness (QED) is 0.355. The van der Waals surface area contributed by atoms with Gasteiger partial charge in [0.15, 0.2) is 5.96 Å². The van der Waals surface area contributed by atoms with Gasteiger partial charge in [-0.3, -0.25) is 9.89 Å². The summed E-state index contributed by atoms with van der Waals surface area (Å²) in [7, 11) is 0. The van der Waals surface area contributed by atoms with Crippen molar-refractivity contribution in [3.8, 4) is 0 Å². The third-order valence-corrected chi connectivity index (χ3v) is 4.92. The fourth-order valence-electron chi connectivity index (χ4n) is 3.35.